The molecule has 6 heteroatoms. The molecule has 74 heavy (non-hydrogen) atoms. The first kappa shape index (κ1) is 70.6. The van der Waals surface area contributed by atoms with Gasteiger partial charge in [-0.2, -0.15) is 0 Å². The van der Waals surface area contributed by atoms with Crippen molar-refractivity contribution in [2.24, 2.45) is 0 Å². The molecule has 0 spiro atoms. The summed E-state index contributed by atoms with van der Waals surface area (Å²) >= 11 is 0. The van der Waals surface area contributed by atoms with Crippen LogP contribution >= 0.6 is 0 Å². The fraction of sp³-hybridized carbons (Fsp3) is 0.750. The summed E-state index contributed by atoms with van der Waals surface area (Å²) in [4.78, 5) is 38.2. The van der Waals surface area contributed by atoms with Gasteiger partial charge in [-0.15, -0.1) is 0 Å². The minimum atomic E-state index is -0.783. The summed E-state index contributed by atoms with van der Waals surface area (Å²) in [5.74, 6) is -0.888. The molecule has 0 aromatic heterocycles. The summed E-state index contributed by atoms with van der Waals surface area (Å²) in [6, 6.07) is 0. The topological polar surface area (TPSA) is 78.9 Å². The van der Waals surface area contributed by atoms with Gasteiger partial charge in [0.1, 0.15) is 13.2 Å². The molecule has 0 aromatic carbocycles. The molecule has 0 saturated heterocycles. The average Bonchev–Trinajstić information content (AvgIpc) is 3.40. The lowest BCUT2D eigenvalue weighted by Gasteiger charge is -2.18. The van der Waals surface area contributed by atoms with Crippen LogP contribution in [0.1, 0.15) is 310 Å². The first-order valence-electron chi connectivity index (χ1n) is 31.6. The van der Waals surface area contributed by atoms with Gasteiger partial charge in [0, 0.05) is 19.3 Å². The molecular formula is C68H118O6. The SMILES string of the molecule is CC/C=C\C/C=C\C/C=C\C/C=C\CCCCCCCCCCCCC(=O)OCC(COC(=O)CCCCCCC/C=C\CCC)OC(=O)CCCCCCCCCCCCC/C=C\C/C=C\CCCCCCC. The predicted octanol–water partition coefficient (Wildman–Crippen LogP) is 21.5. The molecule has 0 bridgehead atoms. The lowest BCUT2D eigenvalue weighted by atomic mass is 10.0. The molecular weight excluding hydrogens is 913 g/mol. The van der Waals surface area contributed by atoms with Gasteiger partial charge in [-0.1, -0.05) is 266 Å². The van der Waals surface area contributed by atoms with Crippen molar-refractivity contribution in [2.45, 2.75) is 316 Å². The van der Waals surface area contributed by atoms with Gasteiger partial charge in [0.15, 0.2) is 6.10 Å². The van der Waals surface area contributed by atoms with Crippen LogP contribution in [-0.4, -0.2) is 37.2 Å². The van der Waals surface area contributed by atoms with Crippen LogP contribution in [0.15, 0.2) is 85.1 Å². The van der Waals surface area contributed by atoms with Crippen LogP contribution < -0.4 is 0 Å². The van der Waals surface area contributed by atoms with Gasteiger partial charge < -0.3 is 14.2 Å². The highest BCUT2D eigenvalue weighted by molar-refractivity contribution is 5.71. The van der Waals surface area contributed by atoms with E-state index < -0.39 is 6.10 Å². The van der Waals surface area contributed by atoms with Crippen LogP contribution in [0.2, 0.25) is 0 Å². The Morgan fingerprint density at radius 2 is 0.554 bits per heavy atom. The van der Waals surface area contributed by atoms with Crippen LogP contribution in [0.4, 0.5) is 0 Å². The Balaban J connectivity index is 4.26. The maximum atomic E-state index is 12.9. The predicted molar refractivity (Wildman–Crippen MR) is 321 cm³/mol. The lowest BCUT2D eigenvalue weighted by Crippen LogP contribution is -2.30. The molecule has 0 aliphatic carbocycles. The number of hydrogen-bond donors (Lipinski definition) is 0. The number of hydrogen-bond acceptors (Lipinski definition) is 6. The molecule has 0 aliphatic rings. The average molecular weight is 1030 g/mol. The maximum absolute atomic E-state index is 12.9. The van der Waals surface area contributed by atoms with E-state index in [4.69, 9.17) is 14.2 Å². The van der Waals surface area contributed by atoms with Gasteiger partial charge >= 0.3 is 17.9 Å². The van der Waals surface area contributed by atoms with Crippen molar-refractivity contribution >= 4 is 17.9 Å². The van der Waals surface area contributed by atoms with Crippen molar-refractivity contribution in [3.63, 3.8) is 0 Å². The number of allylic oxidation sites excluding steroid dienone is 14. The van der Waals surface area contributed by atoms with E-state index in [2.05, 4.69) is 106 Å². The van der Waals surface area contributed by atoms with Gasteiger partial charge in [-0.25, -0.2) is 0 Å². The van der Waals surface area contributed by atoms with Gasteiger partial charge in [-0.05, 0) is 109 Å². The normalized spacial score (nSPS) is 12.6. The second-order valence-corrected chi connectivity index (χ2v) is 20.9. The molecule has 6 nitrogen and oxygen atoms in total. The standard InChI is InChI=1S/C68H118O6/c1-4-7-10-13-16-19-22-24-26-28-30-32-34-36-38-40-42-44-46-49-52-55-58-61-67(70)73-64-65(63-72-66(69)60-57-54-51-48-21-18-15-12-9-6-3)74-68(71)62-59-56-53-50-47-45-43-41-39-37-35-33-31-29-27-25-23-20-17-14-11-8-5-2/h7,10,12,15-16,19,23-26,29-32,65H,4-6,8-9,11,13-14,17-18,20-22,27-28,33-64H2,1-3H3/b10-7-,15-12-,19-16-,25-23-,26-24-,31-29-,32-30-. The zero-order valence-corrected chi connectivity index (χ0v) is 48.8. The van der Waals surface area contributed by atoms with E-state index in [0.29, 0.717) is 19.3 Å². The second kappa shape index (κ2) is 62.1. The van der Waals surface area contributed by atoms with E-state index in [0.717, 1.165) is 103 Å². The summed E-state index contributed by atoms with van der Waals surface area (Å²) in [6.07, 6.45) is 81.6. The quantitative estimate of drug-likeness (QED) is 0.0261. The van der Waals surface area contributed by atoms with Crippen molar-refractivity contribution in [1.82, 2.24) is 0 Å². The molecule has 0 aromatic rings. The summed E-state index contributed by atoms with van der Waals surface area (Å²) < 4.78 is 16.9. The summed E-state index contributed by atoms with van der Waals surface area (Å²) in [7, 11) is 0. The maximum Gasteiger partial charge on any atom is 0.306 e. The van der Waals surface area contributed by atoms with Crippen molar-refractivity contribution in [2.75, 3.05) is 13.2 Å². The number of carbonyl (C=O) groups excluding carboxylic acids is 3. The Bertz CT molecular complexity index is 1420. The highest BCUT2D eigenvalue weighted by Crippen LogP contribution is 2.16. The smallest absolute Gasteiger partial charge is 0.306 e. The molecule has 0 fully saturated rings. The Labute approximate surface area is 458 Å². The molecule has 0 aliphatic heterocycles. The first-order chi connectivity index (χ1) is 36.5. The zero-order chi connectivity index (χ0) is 53.6. The Hall–Kier alpha value is -3.41. The Morgan fingerprint density at radius 1 is 0.284 bits per heavy atom. The minimum absolute atomic E-state index is 0.0811. The molecule has 1 atom stereocenters. The summed E-state index contributed by atoms with van der Waals surface area (Å²) in [6.45, 7) is 6.47. The van der Waals surface area contributed by atoms with Crippen LogP contribution in [0, 0.1) is 0 Å². The molecule has 426 valence electrons. The fourth-order valence-electron chi connectivity index (χ4n) is 8.88. The Kier molecular flexibility index (Phi) is 59.3. The van der Waals surface area contributed by atoms with E-state index in [9.17, 15) is 14.4 Å². The third kappa shape index (κ3) is 59.5. The number of ether oxygens (including phenoxy) is 3. The van der Waals surface area contributed by atoms with Gasteiger partial charge in [0.05, 0.1) is 0 Å². The first-order valence-corrected chi connectivity index (χ1v) is 31.6. The van der Waals surface area contributed by atoms with E-state index in [-0.39, 0.29) is 31.1 Å². The highest BCUT2D eigenvalue weighted by atomic mass is 16.6. The van der Waals surface area contributed by atoms with E-state index >= 15 is 0 Å². The van der Waals surface area contributed by atoms with Gasteiger partial charge in [-0.3, -0.25) is 14.4 Å². The lowest BCUT2D eigenvalue weighted by molar-refractivity contribution is -0.167. The third-order valence-corrected chi connectivity index (χ3v) is 13.6. The van der Waals surface area contributed by atoms with E-state index in [1.807, 2.05) is 0 Å². The highest BCUT2D eigenvalue weighted by Gasteiger charge is 2.19. The second-order valence-electron chi connectivity index (χ2n) is 20.9. The number of esters is 3. The van der Waals surface area contributed by atoms with Crippen LogP contribution in [-0.2, 0) is 28.6 Å². The molecule has 1 unspecified atom stereocenters. The largest absolute Gasteiger partial charge is 0.462 e. The van der Waals surface area contributed by atoms with Gasteiger partial charge in [0.25, 0.3) is 0 Å². The van der Waals surface area contributed by atoms with Gasteiger partial charge in [0.2, 0.25) is 0 Å². The molecule has 0 rings (SSSR count). The minimum Gasteiger partial charge on any atom is -0.462 e. The number of rotatable bonds is 57. The van der Waals surface area contributed by atoms with Crippen molar-refractivity contribution < 1.29 is 28.6 Å². The van der Waals surface area contributed by atoms with E-state index in [1.54, 1.807) is 0 Å². The molecule has 0 heterocycles. The summed E-state index contributed by atoms with van der Waals surface area (Å²) in [5, 5.41) is 0. The zero-order valence-electron chi connectivity index (χ0n) is 48.8. The van der Waals surface area contributed by atoms with Crippen LogP contribution in [0.25, 0.3) is 0 Å². The fourth-order valence-corrected chi connectivity index (χ4v) is 8.88. The van der Waals surface area contributed by atoms with Crippen molar-refractivity contribution in [1.29, 1.82) is 0 Å². The van der Waals surface area contributed by atoms with E-state index in [1.165, 1.54) is 167 Å². The summed E-state index contributed by atoms with van der Waals surface area (Å²) in [5.41, 5.74) is 0. The Morgan fingerprint density at radius 3 is 0.892 bits per heavy atom. The van der Waals surface area contributed by atoms with Crippen molar-refractivity contribution in [3.05, 3.63) is 85.1 Å². The van der Waals surface area contributed by atoms with Crippen molar-refractivity contribution in [3.8, 4) is 0 Å². The molecule has 0 saturated carbocycles. The number of carbonyl (C=O) groups is 3. The molecule has 0 radical (unpaired) electrons. The van der Waals surface area contributed by atoms with Crippen LogP contribution in [0.5, 0.6) is 0 Å². The number of unbranched alkanes of at least 4 members (excludes halogenated alkanes) is 32. The molecule has 0 amide bonds. The molecule has 0 N–H and O–H groups in total. The monoisotopic (exact) mass is 1030 g/mol. The third-order valence-electron chi connectivity index (χ3n) is 13.6. The van der Waals surface area contributed by atoms with Crippen LogP contribution in [0.3, 0.4) is 0 Å².